The first-order chi connectivity index (χ1) is 19.6. The highest BCUT2D eigenvalue weighted by Gasteiger charge is 2.13. The molecular weight excluding hydrogens is 572 g/mol. The van der Waals surface area contributed by atoms with Crippen LogP contribution in [0, 0.1) is 0 Å². The summed E-state index contributed by atoms with van der Waals surface area (Å²) in [6.45, 7) is 3.19. The Morgan fingerprint density at radius 3 is 2.20 bits per heavy atom. The molecule has 4 aromatic carbocycles. The Morgan fingerprint density at radius 2 is 1.50 bits per heavy atom. The molecule has 1 amide bonds. The number of rotatable bonds is 13. The zero-order valence-corrected chi connectivity index (χ0v) is 24.0. The van der Waals surface area contributed by atoms with Gasteiger partial charge in [0.25, 0.3) is 0 Å². The monoisotopic (exact) mass is 602 g/mol. The van der Waals surface area contributed by atoms with E-state index in [4.69, 9.17) is 18.9 Å². The Hall–Kier alpha value is -4.30. The molecule has 0 saturated carbocycles. The SMILES string of the molecule is CCOc1cc(COc2c(Br)cc(/C=N/NC(=O)Cc3ccccc3)cc2OC)ccc1OCc1ccccc1. The third kappa shape index (κ3) is 8.35. The van der Waals surface area contributed by atoms with Crippen molar-refractivity contribution in [1.82, 2.24) is 5.43 Å². The van der Waals surface area contributed by atoms with E-state index in [0.29, 0.717) is 40.7 Å². The van der Waals surface area contributed by atoms with E-state index in [0.717, 1.165) is 22.3 Å². The van der Waals surface area contributed by atoms with Crippen LogP contribution in [0.2, 0.25) is 0 Å². The predicted octanol–water partition coefficient (Wildman–Crippen LogP) is 6.71. The molecule has 0 aliphatic rings. The molecule has 0 aliphatic heterocycles. The Balaban J connectivity index is 1.39. The highest BCUT2D eigenvalue weighted by molar-refractivity contribution is 9.10. The van der Waals surface area contributed by atoms with Gasteiger partial charge in [-0.05, 0) is 69.4 Å². The lowest BCUT2D eigenvalue weighted by Gasteiger charge is -2.16. The van der Waals surface area contributed by atoms with Crippen LogP contribution < -0.4 is 24.4 Å². The lowest BCUT2D eigenvalue weighted by atomic mass is 10.1. The van der Waals surface area contributed by atoms with Gasteiger partial charge in [0.05, 0.1) is 30.8 Å². The van der Waals surface area contributed by atoms with E-state index in [1.54, 1.807) is 19.4 Å². The summed E-state index contributed by atoms with van der Waals surface area (Å²) in [4.78, 5) is 12.2. The van der Waals surface area contributed by atoms with E-state index >= 15 is 0 Å². The number of halogens is 1. The topological polar surface area (TPSA) is 78.4 Å². The highest BCUT2D eigenvalue weighted by Crippen LogP contribution is 2.37. The smallest absolute Gasteiger partial charge is 0.244 e. The summed E-state index contributed by atoms with van der Waals surface area (Å²) in [6.07, 6.45) is 1.81. The molecule has 7 nitrogen and oxygen atoms in total. The third-order valence-corrected chi connectivity index (χ3v) is 6.38. The molecule has 8 heteroatoms. The maximum atomic E-state index is 12.2. The van der Waals surface area contributed by atoms with E-state index in [1.165, 1.54) is 0 Å². The maximum absolute atomic E-state index is 12.2. The Morgan fingerprint density at radius 1 is 0.800 bits per heavy atom. The van der Waals surface area contributed by atoms with Crippen LogP contribution in [-0.2, 0) is 24.4 Å². The lowest BCUT2D eigenvalue weighted by molar-refractivity contribution is -0.120. The van der Waals surface area contributed by atoms with Crippen molar-refractivity contribution in [2.24, 2.45) is 5.10 Å². The number of methoxy groups -OCH3 is 1. The molecule has 0 bridgehead atoms. The van der Waals surface area contributed by atoms with E-state index in [2.05, 4.69) is 26.5 Å². The Labute approximate surface area is 242 Å². The van der Waals surface area contributed by atoms with Crippen molar-refractivity contribution < 1.29 is 23.7 Å². The van der Waals surface area contributed by atoms with Crippen molar-refractivity contribution in [3.05, 3.63) is 118 Å². The summed E-state index contributed by atoms with van der Waals surface area (Å²) in [7, 11) is 1.57. The van der Waals surface area contributed by atoms with Crippen molar-refractivity contribution in [3.63, 3.8) is 0 Å². The maximum Gasteiger partial charge on any atom is 0.244 e. The average molecular weight is 604 g/mol. The number of hydrazone groups is 1. The molecule has 0 aliphatic carbocycles. The van der Waals surface area contributed by atoms with Crippen LogP contribution >= 0.6 is 15.9 Å². The molecule has 0 fully saturated rings. The molecule has 0 saturated heterocycles. The van der Waals surface area contributed by atoms with Crippen molar-refractivity contribution in [1.29, 1.82) is 0 Å². The summed E-state index contributed by atoms with van der Waals surface area (Å²) >= 11 is 3.57. The standard InChI is InChI=1S/C32H31BrN2O5/c1-3-38-29-17-25(14-15-28(29)39-21-24-12-8-5-9-13-24)22-40-32-27(33)16-26(18-30(32)37-2)20-34-35-31(36)19-23-10-6-4-7-11-23/h4-18,20H,3,19,21-22H2,1-2H3,(H,35,36)/b34-20+. The summed E-state index contributed by atoms with van der Waals surface area (Å²) < 4.78 is 24.2. The minimum absolute atomic E-state index is 0.198. The van der Waals surface area contributed by atoms with Crippen LogP contribution in [0.5, 0.6) is 23.0 Å². The van der Waals surface area contributed by atoms with Crippen molar-refractivity contribution in [3.8, 4) is 23.0 Å². The first-order valence-electron chi connectivity index (χ1n) is 12.8. The van der Waals surface area contributed by atoms with Gasteiger partial charge in [-0.15, -0.1) is 0 Å². The van der Waals surface area contributed by atoms with E-state index in [-0.39, 0.29) is 18.9 Å². The first-order valence-corrected chi connectivity index (χ1v) is 13.6. The normalized spacial score (nSPS) is 10.8. The van der Waals surface area contributed by atoms with Gasteiger partial charge in [0, 0.05) is 0 Å². The zero-order chi connectivity index (χ0) is 28.2. The average Bonchev–Trinajstić information content (AvgIpc) is 2.97. The molecule has 0 aromatic heterocycles. The van der Waals surface area contributed by atoms with Gasteiger partial charge in [0.2, 0.25) is 5.91 Å². The Bertz CT molecular complexity index is 1430. The van der Waals surface area contributed by atoms with Gasteiger partial charge in [-0.2, -0.15) is 5.10 Å². The summed E-state index contributed by atoms with van der Waals surface area (Å²) in [5.41, 5.74) is 6.20. The second kappa shape index (κ2) is 14.7. The molecule has 4 rings (SSSR count). The van der Waals surface area contributed by atoms with Crippen LogP contribution in [0.1, 0.15) is 29.2 Å². The van der Waals surface area contributed by atoms with Gasteiger partial charge in [-0.25, -0.2) is 5.43 Å². The minimum atomic E-state index is -0.198. The fourth-order valence-electron chi connectivity index (χ4n) is 3.87. The van der Waals surface area contributed by atoms with E-state index in [1.807, 2.05) is 91.9 Å². The van der Waals surface area contributed by atoms with E-state index < -0.39 is 0 Å². The predicted molar refractivity (Wildman–Crippen MR) is 159 cm³/mol. The molecular formula is C32H31BrN2O5. The van der Waals surface area contributed by atoms with Crippen LogP contribution in [0.3, 0.4) is 0 Å². The molecule has 206 valence electrons. The number of nitrogens with one attached hydrogen (secondary N) is 1. The summed E-state index contributed by atoms with van der Waals surface area (Å²) in [5, 5.41) is 4.08. The molecule has 1 N–H and O–H groups in total. The van der Waals surface area contributed by atoms with Gasteiger partial charge in [-0.3, -0.25) is 4.79 Å². The van der Waals surface area contributed by atoms with Gasteiger partial charge in [0.1, 0.15) is 13.2 Å². The molecule has 0 spiro atoms. The van der Waals surface area contributed by atoms with Gasteiger partial charge in [0.15, 0.2) is 23.0 Å². The number of hydrogen-bond acceptors (Lipinski definition) is 6. The highest BCUT2D eigenvalue weighted by atomic mass is 79.9. The fraction of sp³-hybridized carbons (Fsp3) is 0.188. The van der Waals surface area contributed by atoms with Crippen molar-refractivity contribution in [2.45, 2.75) is 26.6 Å². The minimum Gasteiger partial charge on any atom is -0.493 e. The third-order valence-electron chi connectivity index (χ3n) is 5.79. The van der Waals surface area contributed by atoms with Crippen molar-refractivity contribution in [2.75, 3.05) is 13.7 Å². The number of benzene rings is 4. The van der Waals surface area contributed by atoms with Gasteiger partial charge < -0.3 is 18.9 Å². The number of carbonyl (C=O) groups excluding carboxylic acids is 1. The molecule has 0 radical (unpaired) electrons. The number of carbonyl (C=O) groups is 1. The second-order valence-corrected chi connectivity index (χ2v) is 9.62. The van der Waals surface area contributed by atoms with E-state index in [9.17, 15) is 4.79 Å². The summed E-state index contributed by atoms with van der Waals surface area (Å²) in [6, 6.07) is 28.9. The van der Waals surface area contributed by atoms with Crippen LogP contribution in [0.15, 0.2) is 101 Å². The number of ether oxygens (including phenoxy) is 4. The molecule has 0 unspecified atom stereocenters. The molecule has 40 heavy (non-hydrogen) atoms. The fourth-order valence-corrected chi connectivity index (χ4v) is 4.45. The lowest BCUT2D eigenvalue weighted by Crippen LogP contribution is -2.19. The quantitative estimate of drug-likeness (QED) is 0.136. The van der Waals surface area contributed by atoms with Crippen LogP contribution in [-0.4, -0.2) is 25.8 Å². The van der Waals surface area contributed by atoms with Crippen LogP contribution in [0.4, 0.5) is 0 Å². The zero-order valence-electron chi connectivity index (χ0n) is 22.4. The Kier molecular flexibility index (Phi) is 10.6. The largest absolute Gasteiger partial charge is 0.493 e. The van der Waals surface area contributed by atoms with Gasteiger partial charge in [-0.1, -0.05) is 66.7 Å². The number of nitrogens with zero attached hydrogens (tertiary/aromatic N) is 1. The van der Waals surface area contributed by atoms with Gasteiger partial charge >= 0.3 is 0 Å². The molecule has 4 aromatic rings. The first kappa shape index (κ1) is 28.7. The number of amides is 1. The molecule has 0 heterocycles. The second-order valence-electron chi connectivity index (χ2n) is 8.77. The van der Waals surface area contributed by atoms with Crippen molar-refractivity contribution >= 4 is 28.1 Å². The summed E-state index contributed by atoms with van der Waals surface area (Å²) in [5.74, 6) is 2.21. The van der Waals surface area contributed by atoms with Crippen LogP contribution in [0.25, 0.3) is 0 Å². The molecule has 0 atom stereocenters. The number of hydrogen-bond donors (Lipinski definition) is 1.